The molecule has 0 aromatic carbocycles. The highest BCUT2D eigenvalue weighted by Crippen LogP contribution is 2.15. The summed E-state index contributed by atoms with van der Waals surface area (Å²) >= 11 is 3.78. The number of amides is 1. The van der Waals surface area contributed by atoms with Crippen molar-refractivity contribution >= 4 is 40.3 Å². The Kier molecular flexibility index (Phi) is 4.74. The lowest BCUT2D eigenvalue weighted by atomic mass is 10.8. The zero-order chi connectivity index (χ0) is 6.57. The van der Waals surface area contributed by atoms with Crippen LogP contribution in [-0.4, -0.2) is 14.9 Å². The number of nitrogens with two attached hydrogens (primary N) is 1. The number of carbonyl (C=O) groups is 1. The van der Waals surface area contributed by atoms with Crippen molar-refractivity contribution in [1.29, 1.82) is 0 Å². The van der Waals surface area contributed by atoms with Crippen LogP contribution >= 0.6 is 34.4 Å². The molecule has 0 rings (SSSR count). The molecule has 0 radical (unpaired) electrons. The van der Waals surface area contributed by atoms with E-state index in [1.165, 1.54) is 0 Å². The number of alkyl halides is 1. The fourth-order valence-corrected chi connectivity index (χ4v) is 1.13. The number of hydrogen-bond donors (Lipinski definition) is 1. The molecule has 0 fully saturated rings. The average molecular weight is 245 g/mol. The second-order valence-corrected chi connectivity index (χ2v) is 5.36. The van der Waals surface area contributed by atoms with Gasteiger partial charge in [0.25, 0.3) is 0 Å². The van der Waals surface area contributed by atoms with Gasteiger partial charge in [-0.05, 0) is 6.92 Å². The first-order chi connectivity index (χ1) is 3.63. The lowest BCUT2D eigenvalue weighted by Crippen LogP contribution is -2.13. The first-order valence-electron chi connectivity index (χ1n) is 2.17. The molecule has 0 aromatic heterocycles. The topological polar surface area (TPSA) is 43.1 Å². The molecule has 0 aliphatic rings. The maximum atomic E-state index is 10.1. The van der Waals surface area contributed by atoms with Gasteiger partial charge in [-0.1, -0.05) is 22.6 Å². The molecule has 1 amide bonds. The normalized spacial score (nSPS) is 13.2. The first kappa shape index (κ1) is 8.55. The van der Waals surface area contributed by atoms with E-state index >= 15 is 0 Å². The second-order valence-electron chi connectivity index (χ2n) is 1.32. The Hall–Kier alpha value is 0.550. The lowest BCUT2D eigenvalue weighted by molar-refractivity contribution is -0.115. The van der Waals surface area contributed by atoms with E-state index in [4.69, 9.17) is 5.73 Å². The van der Waals surface area contributed by atoms with Gasteiger partial charge in [-0.3, -0.25) is 4.79 Å². The van der Waals surface area contributed by atoms with Gasteiger partial charge < -0.3 is 5.73 Å². The second kappa shape index (κ2) is 4.43. The van der Waals surface area contributed by atoms with Gasteiger partial charge in [-0.15, -0.1) is 11.8 Å². The molecule has 0 bridgehead atoms. The Balaban J connectivity index is 3.05. The van der Waals surface area contributed by atoms with Crippen LogP contribution in [-0.2, 0) is 4.79 Å². The van der Waals surface area contributed by atoms with Crippen LogP contribution in [0, 0.1) is 0 Å². The number of thioether (sulfide) groups is 1. The van der Waals surface area contributed by atoms with Crippen LogP contribution in [0.15, 0.2) is 0 Å². The zero-order valence-electron chi connectivity index (χ0n) is 4.56. The molecule has 1 unspecified atom stereocenters. The molecule has 4 heteroatoms. The van der Waals surface area contributed by atoms with Gasteiger partial charge in [0, 0.05) is 0 Å². The first-order valence-corrected chi connectivity index (χ1v) is 4.46. The summed E-state index contributed by atoms with van der Waals surface area (Å²) in [6.45, 7) is 2.02. The molecule has 0 aromatic rings. The van der Waals surface area contributed by atoms with Gasteiger partial charge in [0.15, 0.2) is 0 Å². The van der Waals surface area contributed by atoms with Crippen molar-refractivity contribution in [3.05, 3.63) is 0 Å². The van der Waals surface area contributed by atoms with Crippen LogP contribution in [0.25, 0.3) is 0 Å². The summed E-state index contributed by atoms with van der Waals surface area (Å²) in [5, 5.41) is 0. The quantitative estimate of drug-likeness (QED) is 0.595. The maximum absolute atomic E-state index is 10.1. The third-order valence-electron chi connectivity index (χ3n) is 0.455. The number of primary amides is 1. The molecule has 0 heterocycles. The molecule has 2 nitrogen and oxygen atoms in total. The smallest absolute Gasteiger partial charge is 0.227 e. The Morgan fingerprint density at radius 1 is 2.00 bits per heavy atom. The highest BCUT2D eigenvalue weighted by Gasteiger charge is 1.97. The molecule has 1 atom stereocenters. The molecule has 0 saturated heterocycles. The van der Waals surface area contributed by atoms with Crippen LogP contribution < -0.4 is 5.73 Å². The van der Waals surface area contributed by atoms with Crippen LogP contribution in [0.3, 0.4) is 0 Å². The number of halogens is 1. The summed E-state index contributed by atoms with van der Waals surface area (Å²) in [6.07, 6.45) is 0. The molecule has 0 saturated carbocycles. The van der Waals surface area contributed by atoms with Crippen LogP contribution in [0.1, 0.15) is 6.92 Å². The van der Waals surface area contributed by atoms with Crippen molar-refractivity contribution in [3.8, 4) is 0 Å². The van der Waals surface area contributed by atoms with E-state index in [0.717, 1.165) is 0 Å². The molecule has 0 spiro atoms. The van der Waals surface area contributed by atoms with E-state index in [1.807, 2.05) is 6.92 Å². The van der Waals surface area contributed by atoms with Crippen LogP contribution in [0.4, 0.5) is 0 Å². The molecule has 48 valence electrons. The van der Waals surface area contributed by atoms with Gasteiger partial charge in [-0.2, -0.15) is 0 Å². The highest BCUT2D eigenvalue weighted by atomic mass is 127. The highest BCUT2D eigenvalue weighted by molar-refractivity contribution is 14.1. The Labute approximate surface area is 66.7 Å². The minimum atomic E-state index is -0.237. The molecule has 0 aliphatic carbocycles. The average Bonchev–Trinajstić information content (AvgIpc) is 1.61. The molecular formula is C4H8INOS. The monoisotopic (exact) mass is 245 g/mol. The van der Waals surface area contributed by atoms with E-state index in [2.05, 4.69) is 22.6 Å². The largest absolute Gasteiger partial charge is 0.369 e. The van der Waals surface area contributed by atoms with Crippen molar-refractivity contribution in [3.63, 3.8) is 0 Å². The number of rotatable bonds is 3. The Bertz CT molecular complexity index is 86.1. The summed E-state index contributed by atoms with van der Waals surface area (Å²) in [5.74, 6) is 0.197. The molecule has 0 aliphatic heterocycles. The van der Waals surface area contributed by atoms with Crippen molar-refractivity contribution in [2.75, 3.05) is 5.75 Å². The molecule has 8 heavy (non-hydrogen) atoms. The summed E-state index contributed by atoms with van der Waals surface area (Å²) in [4.78, 5) is 10.1. The van der Waals surface area contributed by atoms with E-state index in [-0.39, 0.29) is 5.91 Å². The summed E-state index contributed by atoms with van der Waals surface area (Å²) < 4.78 is 0.472. The fourth-order valence-electron chi connectivity index (χ4n) is 0.197. The maximum Gasteiger partial charge on any atom is 0.227 e. The summed E-state index contributed by atoms with van der Waals surface area (Å²) in [5.41, 5.74) is 4.88. The van der Waals surface area contributed by atoms with E-state index in [1.54, 1.807) is 11.8 Å². The SMILES string of the molecule is CC(I)SCC(N)=O. The summed E-state index contributed by atoms with van der Waals surface area (Å²) in [7, 11) is 0. The van der Waals surface area contributed by atoms with Gasteiger partial charge >= 0.3 is 0 Å². The Morgan fingerprint density at radius 2 is 2.50 bits per heavy atom. The number of hydrogen-bond acceptors (Lipinski definition) is 2. The van der Waals surface area contributed by atoms with Gasteiger partial charge in [0.1, 0.15) is 0 Å². The minimum absolute atomic E-state index is 0.237. The third-order valence-corrected chi connectivity index (χ3v) is 2.44. The number of carbonyl (C=O) groups excluding carboxylic acids is 1. The van der Waals surface area contributed by atoms with Gasteiger partial charge in [-0.25, -0.2) is 0 Å². The van der Waals surface area contributed by atoms with Gasteiger partial charge in [0.2, 0.25) is 5.91 Å². The van der Waals surface area contributed by atoms with E-state index < -0.39 is 0 Å². The standard InChI is InChI=1S/C4H8INOS/c1-3(5)8-2-4(6)7/h3H,2H2,1H3,(H2,6,7). The predicted octanol–water partition coefficient (Wildman–Crippen LogP) is 0.986. The van der Waals surface area contributed by atoms with Gasteiger partial charge in [0.05, 0.1) is 9.01 Å². The molecule has 2 N–H and O–H groups in total. The van der Waals surface area contributed by atoms with Crippen molar-refractivity contribution in [1.82, 2.24) is 0 Å². The Morgan fingerprint density at radius 3 is 2.62 bits per heavy atom. The predicted molar refractivity (Wildman–Crippen MR) is 45.1 cm³/mol. The summed E-state index contributed by atoms with van der Waals surface area (Å²) in [6, 6.07) is 0. The fraction of sp³-hybridized carbons (Fsp3) is 0.750. The zero-order valence-corrected chi connectivity index (χ0v) is 7.53. The molecular weight excluding hydrogens is 237 g/mol. The van der Waals surface area contributed by atoms with E-state index in [9.17, 15) is 4.79 Å². The lowest BCUT2D eigenvalue weighted by Gasteiger charge is -1.96. The van der Waals surface area contributed by atoms with Crippen molar-refractivity contribution in [2.45, 2.75) is 10.2 Å². The third kappa shape index (κ3) is 6.55. The van der Waals surface area contributed by atoms with Crippen molar-refractivity contribution in [2.24, 2.45) is 5.73 Å². The van der Waals surface area contributed by atoms with Crippen molar-refractivity contribution < 1.29 is 4.79 Å². The minimum Gasteiger partial charge on any atom is -0.369 e. The van der Waals surface area contributed by atoms with Crippen LogP contribution in [0.2, 0.25) is 0 Å². The van der Waals surface area contributed by atoms with E-state index in [0.29, 0.717) is 9.01 Å². The van der Waals surface area contributed by atoms with Crippen LogP contribution in [0.5, 0.6) is 0 Å².